The number of fused-ring (bicyclic) bond motifs is 1. The van der Waals surface area contributed by atoms with Gasteiger partial charge in [-0.15, -0.1) is 0 Å². The van der Waals surface area contributed by atoms with Crippen LogP contribution in [-0.4, -0.2) is 25.6 Å². The molecular weight excluding hydrogens is 468 g/mol. The molecule has 0 bridgehead atoms. The van der Waals surface area contributed by atoms with E-state index < -0.39 is 14.4 Å². The van der Waals surface area contributed by atoms with Gasteiger partial charge in [0.2, 0.25) is 0 Å². The second-order valence-electron chi connectivity index (χ2n) is 15.3. The van der Waals surface area contributed by atoms with E-state index in [1.807, 2.05) is 0 Å². The van der Waals surface area contributed by atoms with Crippen molar-refractivity contribution in [2.24, 2.45) is 35.0 Å². The van der Waals surface area contributed by atoms with Gasteiger partial charge in [0.05, 0.1) is 12.2 Å². The van der Waals surface area contributed by atoms with E-state index in [-0.39, 0.29) is 11.1 Å². The summed E-state index contributed by atoms with van der Waals surface area (Å²) in [5.74, 6) is 3.99. The fourth-order valence-corrected chi connectivity index (χ4v) is 8.77. The average molecular weight is 529 g/mol. The van der Waals surface area contributed by atoms with Gasteiger partial charge in [-0.2, -0.15) is 0 Å². The SMILES string of the molecule is C=C1C(=CC=C2CCC[C@]3(C)[C@@H]([C@H](C)CC[C@H](C)C(C)C)CC[C@@H]23)C[C@@H](O[Si](C)(C)C(C)(C)C)C[C@@H]1O. The minimum atomic E-state index is -1.88. The lowest BCUT2D eigenvalue weighted by atomic mass is 9.60. The molecule has 0 heterocycles. The highest BCUT2D eigenvalue weighted by Crippen LogP contribution is 2.60. The molecule has 3 rings (SSSR count). The molecule has 0 unspecified atom stereocenters. The monoisotopic (exact) mass is 528 g/mol. The van der Waals surface area contributed by atoms with Crippen LogP contribution < -0.4 is 0 Å². The molecule has 7 atom stereocenters. The Morgan fingerprint density at radius 3 is 2.41 bits per heavy atom. The van der Waals surface area contributed by atoms with Crippen molar-refractivity contribution in [1.82, 2.24) is 0 Å². The van der Waals surface area contributed by atoms with Crippen molar-refractivity contribution in [3.05, 3.63) is 35.5 Å². The van der Waals surface area contributed by atoms with Gasteiger partial charge in [0.25, 0.3) is 0 Å². The summed E-state index contributed by atoms with van der Waals surface area (Å²) in [7, 11) is -1.88. The second kappa shape index (κ2) is 11.8. The molecule has 0 saturated heterocycles. The zero-order chi connectivity index (χ0) is 27.8. The molecule has 0 aromatic rings. The Hall–Kier alpha value is -0.643. The van der Waals surface area contributed by atoms with Crippen molar-refractivity contribution < 1.29 is 9.53 Å². The molecule has 0 aliphatic heterocycles. The quantitative estimate of drug-likeness (QED) is 0.318. The predicted octanol–water partition coefficient (Wildman–Crippen LogP) is 9.87. The van der Waals surface area contributed by atoms with Gasteiger partial charge in [0, 0.05) is 6.42 Å². The topological polar surface area (TPSA) is 29.5 Å². The molecule has 37 heavy (non-hydrogen) atoms. The van der Waals surface area contributed by atoms with Crippen LogP contribution in [-0.2, 0) is 4.43 Å². The largest absolute Gasteiger partial charge is 0.413 e. The molecule has 0 radical (unpaired) electrons. The number of aliphatic hydroxyl groups is 1. The van der Waals surface area contributed by atoms with Crippen LogP contribution in [0.5, 0.6) is 0 Å². The molecule has 3 aliphatic carbocycles. The summed E-state index contributed by atoms with van der Waals surface area (Å²) in [6.07, 6.45) is 15.3. The third kappa shape index (κ3) is 6.93. The van der Waals surface area contributed by atoms with Crippen molar-refractivity contribution in [3.63, 3.8) is 0 Å². The van der Waals surface area contributed by atoms with Crippen LogP contribution in [0.1, 0.15) is 113 Å². The van der Waals surface area contributed by atoms with E-state index >= 15 is 0 Å². The summed E-state index contributed by atoms with van der Waals surface area (Å²) >= 11 is 0. The summed E-state index contributed by atoms with van der Waals surface area (Å²) in [5, 5.41) is 11.0. The van der Waals surface area contributed by atoms with Gasteiger partial charge in [-0.05, 0) is 103 Å². The number of allylic oxidation sites excluding steroid dienone is 3. The fraction of sp³-hybridized carbons (Fsp3) is 0.824. The van der Waals surface area contributed by atoms with Crippen LogP contribution >= 0.6 is 0 Å². The Kier molecular flexibility index (Phi) is 9.89. The first-order valence-corrected chi connectivity index (χ1v) is 18.4. The molecular formula is C34H60O2Si. The lowest BCUT2D eigenvalue weighted by Gasteiger charge is -2.44. The maximum atomic E-state index is 10.8. The lowest BCUT2D eigenvalue weighted by molar-refractivity contribution is 0.0903. The molecule has 3 aliphatic rings. The standard InChI is InChI=1S/C34H60O2Si/c1-23(2)24(3)14-15-25(4)30-18-19-31-27(13-12-20-34(30,31)9)16-17-28-21-29(22-32(35)26(28)5)36-37(10,11)33(6,7)8/h16-17,23-25,29-32,35H,5,12-15,18-22H2,1-4,6-11H3/t24-,25+,29+,30+,31-,32-,34+/m0/s1. The number of rotatable bonds is 8. The summed E-state index contributed by atoms with van der Waals surface area (Å²) in [4.78, 5) is 0. The van der Waals surface area contributed by atoms with Crippen LogP contribution in [0.15, 0.2) is 35.5 Å². The molecule has 0 spiro atoms. The fourth-order valence-electron chi connectivity index (χ4n) is 7.41. The van der Waals surface area contributed by atoms with Crippen LogP contribution in [0, 0.1) is 35.0 Å². The third-order valence-corrected chi connectivity index (χ3v) is 16.0. The Morgan fingerprint density at radius 2 is 1.78 bits per heavy atom. The van der Waals surface area contributed by atoms with E-state index in [1.165, 1.54) is 50.5 Å². The Balaban J connectivity index is 1.74. The number of hydrogen-bond acceptors (Lipinski definition) is 2. The lowest BCUT2D eigenvalue weighted by Crippen LogP contribution is -2.46. The number of hydrogen-bond donors (Lipinski definition) is 1. The van der Waals surface area contributed by atoms with Crippen LogP contribution in [0.25, 0.3) is 0 Å². The first-order valence-electron chi connectivity index (χ1n) is 15.5. The molecule has 3 saturated carbocycles. The zero-order valence-corrected chi connectivity index (χ0v) is 27.1. The highest BCUT2D eigenvalue weighted by atomic mass is 28.4. The van der Waals surface area contributed by atoms with Crippen LogP contribution in [0.3, 0.4) is 0 Å². The highest BCUT2D eigenvalue weighted by Gasteiger charge is 2.50. The molecule has 3 fully saturated rings. The van der Waals surface area contributed by atoms with Crippen molar-refractivity contribution in [2.45, 2.75) is 144 Å². The van der Waals surface area contributed by atoms with Crippen molar-refractivity contribution in [2.75, 3.05) is 0 Å². The summed E-state index contributed by atoms with van der Waals surface area (Å²) in [5.41, 5.74) is 4.21. The maximum absolute atomic E-state index is 10.8. The maximum Gasteiger partial charge on any atom is 0.192 e. The minimum absolute atomic E-state index is 0.0904. The van der Waals surface area contributed by atoms with Gasteiger partial charge in [0.1, 0.15) is 0 Å². The zero-order valence-electron chi connectivity index (χ0n) is 26.1. The second-order valence-corrected chi connectivity index (χ2v) is 20.0. The molecule has 0 aromatic heterocycles. The molecule has 3 heteroatoms. The van der Waals surface area contributed by atoms with Crippen LogP contribution in [0.4, 0.5) is 0 Å². The molecule has 0 aromatic carbocycles. The number of aliphatic hydroxyl groups excluding tert-OH is 1. The predicted molar refractivity (Wildman–Crippen MR) is 163 cm³/mol. The van der Waals surface area contributed by atoms with E-state index in [0.29, 0.717) is 17.8 Å². The third-order valence-electron chi connectivity index (χ3n) is 11.5. The van der Waals surface area contributed by atoms with Gasteiger partial charge < -0.3 is 9.53 Å². The van der Waals surface area contributed by atoms with Crippen LogP contribution in [0.2, 0.25) is 18.1 Å². The smallest absolute Gasteiger partial charge is 0.192 e. The average Bonchev–Trinajstić information content (AvgIpc) is 3.15. The molecule has 0 amide bonds. The van der Waals surface area contributed by atoms with Crippen molar-refractivity contribution in [1.29, 1.82) is 0 Å². The van der Waals surface area contributed by atoms with Gasteiger partial charge in [-0.1, -0.05) is 92.5 Å². The molecule has 2 nitrogen and oxygen atoms in total. The van der Waals surface area contributed by atoms with E-state index in [0.717, 1.165) is 35.7 Å². The van der Waals surface area contributed by atoms with E-state index in [9.17, 15) is 5.11 Å². The van der Waals surface area contributed by atoms with Crippen molar-refractivity contribution in [3.8, 4) is 0 Å². The highest BCUT2D eigenvalue weighted by molar-refractivity contribution is 6.74. The normalized spacial score (nSPS) is 35.3. The van der Waals surface area contributed by atoms with Gasteiger partial charge in [-0.25, -0.2) is 0 Å². The van der Waals surface area contributed by atoms with Gasteiger partial charge in [-0.3, -0.25) is 0 Å². The summed E-state index contributed by atoms with van der Waals surface area (Å²) in [6, 6.07) is 0. The van der Waals surface area contributed by atoms with Crippen molar-refractivity contribution >= 4 is 8.32 Å². The first kappa shape index (κ1) is 30.9. The summed E-state index contributed by atoms with van der Waals surface area (Å²) < 4.78 is 6.74. The van der Waals surface area contributed by atoms with E-state index in [1.54, 1.807) is 5.57 Å². The minimum Gasteiger partial charge on any atom is -0.413 e. The van der Waals surface area contributed by atoms with E-state index in [2.05, 4.69) is 87.2 Å². The molecule has 1 N–H and O–H groups in total. The first-order chi connectivity index (χ1) is 17.1. The van der Waals surface area contributed by atoms with Gasteiger partial charge >= 0.3 is 0 Å². The Morgan fingerprint density at radius 1 is 1.11 bits per heavy atom. The van der Waals surface area contributed by atoms with Gasteiger partial charge in [0.15, 0.2) is 8.32 Å². The van der Waals surface area contributed by atoms with E-state index in [4.69, 9.17) is 4.43 Å². The molecule has 212 valence electrons. The Labute approximate surface area is 231 Å². The Bertz CT molecular complexity index is 860. The summed E-state index contributed by atoms with van der Waals surface area (Å²) in [6.45, 7) is 28.1.